The normalized spacial score (nSPS) is 14.5. The van der Waals surface area contributed by atoms with Crippen molar-refractivity contribution in [3.63, 3.8) is 0 Å². The zero-order valence-corrected chi connectivity index (χ0v) is 16.0. The lowest BCUT2D eigenvalue weighted by Crippen LogP contribution is -2.36. The summed E-state index contributed by atoms with van der Waals surface area (Å²) in [5.74, 6) is 1.86. The molecule has 138 valence electrons. The second kappa shape index (κ2) is 9.43. The zero-order valence-electron chi connectivity index (χ0n) is 15.2. The van der Waals surface area contributed by atoms with Gasteiger partial charge in [0, 0.05) is 37.4 Å². The Morgan fingerprint density at radius 2 is 2.00 bits per heavy atom. The maximum atomic E-state index is 6.04. The molecule has 1 aliphatic heterocycles. The minimum absolute atomic E-state index is 0.595. The van der Waals surface area contributed by atoms with Crippen molar-refractivity contribution in [1.82, 2.24) is 15.6 Å². The van der Waals surface area contributed by atoms with Crippen LogP contribution in [0.3, 0.4) is 0 Å². The molecule has 0 radical (unpaired) electrons. The van der Waals surface area contributed by atoms with Crippen LogP contribution < -0.4 is 15.5 Å². The first-order chi connectivity index (χ1) is 12.7. The molecule has 26 heavy (non-hydrogen) atoms. The third kappa shape index (κ3) is 5.36. The fourth-order valence-corrected chi connectivity index (χ4v) is 3.20. The van der Waals surface area contributed by atoms with E-state index in [1.165, 1.54) is 12.8 Å². The lowest BCUT2D eigenvalue weighted by atomic mass is 10.2. The first-order valence-corrected chi connectivity index (χ1v) is 9.59. The van der Waals surface area contributed by atoms with E-state index in [4.69, 9.17) is 11.6 Å². The lowest BCUT2D eigenvalue weighted by molar-refractivity contribution is 0.815. The van der Waals surface area contributed by atoms with Gasteiger partial charge in [-0.15, -0.1) is 0 Å². The molecule has 1 saturated heterocycles. The van der Waals surface area contributed by atoms with Gasteiger partial charge in [0.05, 0.1) is 6.54 Å². The number of hydrogen-bond acceptors (Lipinski definition) is 3. The van der Waals surface area contributed by atoms with Gasteiger partial charge in [0.1, 0.15) is 5.82 Å². The van der Waals surface area contributed by atoms with Gasteiger partial charge >= 0.3 is 0 Å². The average Bonchev–Trinajstić information content (AvgIpc) is 3.19. The summed E-state index contributed by atoms with van der Waals surface area (Å²) in [5.41, 5.74) is 2.23. The third-order valence-electron chi connectivity index (χ3n) is 4.35. The largest absolute Gasteiger partial charge is 0.357 e. The number of pyridine rings is 1. The number of anilines is 1. The standard InChI is InChI=1S/C20H26ClN5/c1-2-22-20(24-13-16-6-5-7-18(21)12-16)25-15-17-8-9-19(23-14-17)26-10-3-4-11-26/h5-9,12,14H,2-4,10-11,13,15H2,1H3,(H2,22,24,25). The SMILES string of the molecule is CCNC(=NCc1ccc(N2CCCC2)nc1)NCc1cccc(Cl)c1. The van der Waals surface area contributed by atoms with Crippen molar-refractivity contribution in [1.29, 1.82) is 0 Å². The fourth-order valence-electron chi connectivity index (χ4n) is 2.99. The molecule has 1 aromatic heterocycles. The molecule has 0 atom stereocenters. The Morgan fingerprint density at radius 1 is 1.15 bits per heavy atom. The second-order valence-electron chi connectivity index (χ2n) is 6.40. The molecule has 2 heterocycles. The van der Waals surface area contributed by atoms with Crippen LogP contribution in [-0.4, -0.2) is 30.6 Å². The highest BCUT2D eigenvalue weighted by Gasteiger charge is 2.12. The summed E-state index contributed by atoms with van der Waals surface area (Å²) in [5, 5.41) is 7.36. The van der Waals surface area contributed by atoms with E-state index in [0.29, 0.717) is 13.1 Å². The highest BCUT2D eigenvalue weighted by molar-refractivity contribution is 6.30. The lowest BCUT2D eigenvalue weighted by Gasteiger charge is -2.16. The van der Waals surface area contributed by atoms with Gasteiger partial charge in [-0.2, -0.15) is 0 Å². The fraction of sp³-hybridized carbons (Fsp3) is 0.400. The molecular weight excluding hydrogens is 346 g/mol. The number of aromatic nitrogens is 1. The highest BCUT2D eigenvalue weighted by atomic mass is 35.5. The van der Waals surface area contributed by atoms with Gasteiger partial charge in [0.2, 0.25) is 0 Å². The van der Waals surface area contributed by atoms with Crippen LogP contribution in [0.25, 0.3) is 0 Å². The number of aliphatic imine (C=N–C) groups is 1. The predicted molar refractivity (Wildman–Crippen MR) is 109 cm³/mol. The molecule has 0 unspecified atom stereocenters. The van der Waals surface area contributed by atoms with E-state index in [0.717, 1.165) is 47.6 Å². The van der Waals surface area contributed by atoms with Crippen LogP contribution in [0.4, 0.5) is 5.82 Å². The molecule has 0 saturated carbocycles. The Labute approximate surface area is 160 Å². The molecule has 0 amide bonds. The molecule has 6 heteroatoms. The van der Waals surface area contributed by atoms with Crippen molar-refractivity contribution in [3.05, 3.63) is 58.7 Å². The summed E-state index contributed by atoms with van der Waals surface area (Å²) in [7, 11) is 0. The number of hydrogen-bond donors (Lipinski definition) is 2. The van der Waals surface area contributed by atoms with Crippen molar-refractivity contribution in [2.75, 3.05) is 24.5 Å². The summed E-state index contributed by atoms with van der Waals surface area (Å²) in [6.45, 7) is 6.37. The minimum atomic E-state index is 0.595. The monoisotopic (exact) mass is 371 g/mol. The number of guanidine groups is 1. The Kier molecular flexibility index (Phi) is 6.72. The van der Waals surface area contributed by atoms with E-state index in [1.54, 1.807) is 0 Å². The molecule has 1 aliphatic rings. The Balaban J connectivity index is 1.57. The first kappa shape index (κ1) is 18.5. The molecule has 3 rings (SSSR count). The van der Waals surface area contributed by atoms with Gasteiger partial charge in [-0.05, 0) is 49.1 Å². The molecule has 1 aromatic carbocycles. The van der Waals surface area contributed by atoms with Gasteiger partial charge in [0.25, 0.3) is 0 Å². The van der Waals surface area contributed by atoms with Crippen LogP contribution in [0.2, 0.25) is 5.02 Å². The third-order valence-corrected chi connectivity index (χ3v) is 4.59. The van der Waals surface area contributed by atoms with E-state index in [9.17, 15) is 0 Å². The van der Waals surface area contributed by atoms with Crippen LogP contribution in [0.1, 0.15) is 30.9 Å². The summed E-state index contributed by atoms with van der Waals surface area (Å²) in [6.07, 6.45) is 4.45. The van der Waals surface area contributed by atoms with Crippen LogP contribution in [0.5, 0.6) is 0 Å². The van der Waals surface area contributed by atoms with Crippen LogP contribution in [-0.2, 0) is 13.1 Å². The zero-order chi connectivity index (χ0) is 18.2. The molecule has 5 nitrogen and oxygen atoms in total. The molecule has 2 N–H and O–H groups in total. The molecule has 0 spiro atoms. The summed E-state index contributed by atoms with van der Waals surface area (Å²) < 4.78 is 0. The smallest absolute Gasteiger partial charge is 0.191 e. The number of halogens is 1. The molecule has 0 bridgehead atoms. The van der Waals surface area contributed by atoms with E-state index >= 15 is 0 Å². The van der Waals surface area contributed by atoms with Crippen LogP contribution in [0, 0.1) is 0 Å². The van der Waals surface area contributed by atoms with Gasteiger partial charge in [-0.25, -0.2) is 9.98 Å². The maximum absolute atomic E-state index is 6.04. The van der Waals surface area contributed by atoms with E-state index in [1.807, 2.05) is 30.5 Å². The molecule has 0 aliphatic carbocycles. The van der Waals surface area contributed by atoms with Gasteiger partial charge in [0.15, 0.2) is 5.96 Å². The predicted octanol–water partition coefficient (Wildman–Crippen LogP) is 3.59. The topological polar surface area (TPSA) is 52.6 Å². The van der Waals surface area contributed by atoms with Crippen molar-refractivity contribution in [3.8, 4) is 0 Å². The minimum Gasteiger partial charge on any atom is -0.357 e. The van der Waals surface area contributed by atoms with E-state index in [2.05, 4.69) is 44.6 Å². The van der Waals surface area contributed by atoms with Crippen molar-refractivity contribution in [2.45, 2.75) is 32.9 Å². The number of nitrogens with one attached hydrogen (secondary N) is 2. The van der Waals surface area contributed by atoms with Gasteiger partial charge in [-0.3, -0.25) is 0 Å². The van der Waals surface area contributed by atoms with Gasteiger partial charge in [-0.1, -0.05) is 29.8 Å². The Bertz CT molecular complexity index is 723. The second-order valence-corrected chi connectivity index (χ2v) is 6.83. The molecular formula is C20H26ClN5. The van der Waals surface area contributed by atoms with Gasteiger partial charge < -0.3 is 15.5 Å². The highest BCUT2D eigenvalue weighted by Crippen LogP contribution is 2.17. The number of nitrogens with zero attached hydrogens (tertiary/aromatic N) is 3. The van der Waals surface area contributed by atoms with Crippen LogP contribution in [0.15, 0.2) is 47.6 Å². The summed E-state index contributed by atoms with van der Waals surface area (Å²) >= 11 is 6.04. The quantitative estimate of drug-likeness (QED) is 0.602. The maximum Gasteiger partial charge on any atom is 0.191 e. The number of benzene rings is 1. The van der Waals surface area contributed by atoms with Crippen molar-refractivity contribution in [2.24, 2.45) is 4.99 Å². The van der Waals surface area contributed by atoms with Crippen molar-refractivity contribution < 1.29 is 0 Å². The molecule has 1 fully saturated rings. The Morgan fingerprint density at radius 3 is 2.69 bits per heavy atom. The summed E-state index contributed by atoms with van der Waals surface area (Å²) in [6, 6.07) is 12.1. The molecule has 2 aromatic rings. The number of rotatable bonds is 6. The first-order valence-electron chi connectivity index (χ1n) is 9.21. The van der Waals surface area contributed by atoms with Crippen molar-refractivity contribution >= 4 is 23.4 Å². The van der Waals surface area contributed by atoms with Crippen LogP contribution >= 0.6 is 11.6 Å². The summed E-state index contributed by atoms with van der Waals surface area (Å²) in [4.78, 5) is 11.6. The van der Waals surface area contributed by atoms with E-state index in [-0.39, 0.29) is 0 Å². The van der Waals surface area contributed by atoms with E-state index < -0.39 is 0 Å². The Hall–Kier alpha value is -2.27. The average molecular weight is 372 g/mol.